The maximum absolute atomic E-state index is 10.6. The maximum Gasteiger partial charge on any atom is 0.334 e. The van der Waals surface area contributed by atoms with E-state index >= 15 is 0 Å². The van der Waals surface area contributed by atoms with Gasteiger partial charge in [0.25, 0.3) is 0 Å². The average molecular weight is 129 g/mol. The third-order valence-electron chi connectivity index (χ3n) is 0.811. The van der Waals surface area contributed by atoms with Crippen LogP contribution in [-0.4, -0.2) is 19.1 Å². The summed E-state index contributed by atoms with van der Waals surface area (Å²) in [5.74, 6) is -0.403. The van der Waals surface area contributed by atoms with E-state index in [2.05, 4.69) is 11.3 Å². The van der Waals surface area contributed by atoms with Crippen molar-refractivity contribution in [1.29, 1.82) is 0 Å². The summed E-state index contributed by atoms with van der Waals surface area (Å²) in [6.07, 6.45) is 0. The number of carbonyl (C=O) groups excluding carboxylic acids is 1. The Hall–Kier alpha value is -0.830. The van der Waals surface area contributed by atoms with Gasteiger partial charge in [-0.15, -0.1) is 0 Å². The maximum atomic E-state index is 10.6. The summed E-state index contributed by atoms with van der Waals surface area (Å²) in [7, 11) is 0. The van der Waals surface area contributed by atoms with Crippen molar-refractivity contribution in [1.82, 2.24) is 0 Å². The third kappa shape index (κ3) is 2.87. The van der Waals surface area contributed by atoms with Gasteiger partial charge in [0, 0.05) is 12.1 Å². The van der Waals surface area contributed by atoms with Crippen LogP contribution in [0.4, 0.5) is 0 Å². The zero-order valence-electron chi connectivity index (χ0n) is 5.52. The van der Waals surface area contributed by atoms with Crippen LogP contribution in [-0.2, 0) is 9.53 Å². The summed E-state index contributed by atoms with van der Waals surface area (Å²) in [5, 5.41) is 0. The molecule has 0 heterocycles. The van der Waals surface area contributed by atoms with Crippen LogP contribution in [0.2, 0.25) is 0 Å². The predicted molar refractivity (Wildman–Crippen MR) is 34.8 cm³/mol. The first-order valence-electron chi connectivity index (χ1n) is 2.77. The molecule has 3 heteroatoms. The highest BCUT2D eigenvalue weighted by atomic mass is 16.5. The minimum atomic E-state index is -0.403. The minimum Gasteiger partial charge on any atom is -0.463 e. The van der Waals surface area contributed by atoms with Crippen molar-refractivity contribution < 1.29 is 9.53 Å². The van der Waals surface area contributed by atoms with Gasteiger partial charge in [0.15, 0.2) is 0 Å². The molecule has 0 saturated heterocycles. The summed E-state index contributed by atoms with van der Waals surface area (Å²) >= 11 is 0. The molecule has 0 atom stereocenters. The number of hydrogen-bond donors (Lipinski definition) is 1. The van der Waals surface area contributed by atoms with Crippen LogP contribution >= 0.6 is 0 Å². The van der Waals surface area contributed by atoms with Gasteiger partial charge < -0.3 is 10.5 Å². The average Bonchev–Trinajstić information content (AvgIpc) is 1.87. The molecule has 0 aromatic heterocycles. The van der Waals surface area contributed by atoms with Crippen LogP contribution in [0.5, 0.6) is 0 Å². The Labute approximate surface area is 54.5 Å². The van der Waals surface area contributed by atoms with Crippen LogP contribution in [0.3, 0.4) is 0 Å². The lowest BCUT2D eigenvalue weighted by Gasteiger charge is -1.99. The van der Waals surface area contributed by atoms with Crippen LogP contribution in [0.25, 0.3) is 0 Å². The van der Waals surface area contributed by atoms with Gasteiger partial charge in [-0.05, 0) is 6.92 Å². The summed E-state index contributed by atoms with van der Waals surface area (Å²) in [5.41, 5.74) is 5.42. The van der Waals surface area contributed by atoms with Gasteiger partial charge in [0.2, 0.25) is 0 Å². The van der Waals surface area contributed by atoms with Gasteiger partial charge in [-0.25, -0.2) is 4.79 Å². The van der Waals surface area contributed by atoms with Gasteiger partial charge in [-0.2, -0.15) is 0 Å². The van der Waals surface area contributed by atoms with E-state index in [0.717, 1.165) is 0 Å². The van der Waals surface area contributed by atoms with Gasteiger partial charge in [0.1, 0.15) is 0 Å². The fourth-order valence-electron chi connectivity index (χ4n) is 0.316. The zero-order valence-corrected chi connectivity index (χ0v) is 5.52. The minimum absolute atomic E-state index is 0.166. The normalized spacial score (nSPS) is 8.67. The van der Waals surface area contributed by atoms with Gasteiger partial charge in [0.05, 0.1) is 6.61 Å². The molecule has 9 heavy (non-hydrogen) atoms. The lowest BCUT2D eigenvalue weighted by atomic mass is 10.3. The van der Waals surface area contributed by atoms with Crippen LogP contribution in [0, 0.1) is 0 Å². The highest BCUT2D eigenvalue weighted by Gasteiger charge is 2.02. The topological polar surface area (TPSA) is 52.3 Å². The van der Waals surface area contributed by atoms with E-state index in [0.29, 0.717) is 12.2 Å². The standard InChI is InChI=1S/C6H11NO2/c1-3-9-6(8)5(2)4-7/h2-4,7H2,1H3. The van der Waals surface area contributed by atoms with Crippen molar-refractivity contribution >= 4 is 5.97 Å². The molecule has 0 amide bonds. The van der Waals surface area contributed by atoms with Gasteiger partial charge in [-0.1, -0.05) is 6.58 Å². The van der Waals surface area contributed by atoms with E-state index < -0.39 is 5.97 Å². The molecule has 3 nitrogen and oxygen atoms in total. The zero-order chi connectivity index (χ0) is 7.28. The largest absolute Gasteiger partial charge is 0.463 e. The molecule has 0 saturated carbocycles. The Kier molecular flexibility index (Phi) is 3.71. The number of hydrogen-bond acceptors (Lipinski definition) is 3. The van der Waals surface area contributed by atoms with Crippen molar-refractivity contribution in [3.8, 4) is 0 Å². The number of esters is 1. The van der Waals surface area contributed by atoms with Crippen LogP contribution < -0.4 is 5.73 Å². The third-order valence-corrected chi connectivity index (χ3v) is 0.811. The van der Waals surface area contributed by atoms with E-state index in [9.17, 15) is 4.79 Å². The molecule has 0 aliphatic carbocycles. The Morgan fingerprint density at radius 1 is 1.78 bits per heavy atom. The number of carbonyl (C=O) groups is 1. The lowest BCUT2D eigenvalue weighted by Crippen LogP contribution is -2.14. The number of rotatable bonds is 3. The molecule has 0 bridgehead atoms. The molecule has 0 aromatic rings. The first-order chi connectivity index (χ1) is 4.22. The first-order valence-corrected chi connectivity index (χ1v) is 2.77. The van der Waals surface area contributed by atoms with E-state index in [-0.39, 0.29) is 6.54 Å². The highest BCUT2D eigenvalue weighted by molar-refractivity contribution is 5.88. The Bertz CT molecular complexity index is 120. The van der Waals surface area contributed by atoms with Gasteiger partial charge in [-0.3, -0.25) is 0 Å². The number of ether oxygens (including phenoxy) is 1. The Balaban J connectivity index is 3.60. The quantitative estimate of drug-likeness (QED) is 0.433. The van der Waals surface area contributed by atoms with Crippen molar-refractivity contribution in [3.63, 3.8) is 0 Å². The van der Waals surface area contributed by atoms with Crippen molar-refractivity contribution in [2.75, 3.05) is 13.2 Å². The first kappa shape index (κ1) is 8.17. The second kappa shape index (κ2) is 4.09. The second-order valence-electron chi connectivity index (χ2n) is 1.53. The lowest BCUT2D eigenvalue weighted by molar-refractivity contribution is -0.138. The van der Waals surface area contributed by atoms with Crippen molar-refractivity contribution in [2.45, 2.75) is 6.92 Å². The molecule has 0 aromatic carbocycles. The summed E-state index contributed by atoms with van der Waals surface area (Å²) < 4.78 is 4.58. The fourth-order valence-corrected chi connectivity index (χ4v) is 0.316. The molecule has 0 aliphatic heterocycles. The van der Waals surface area contributed by atoms with E-state index in [1.807, 2.05) is 0 Å². The summed E-state index contributed by atoms with van der Waals surface area (Å²) in [4.78, 5) is 10.6. The van der Waals surface area contributed by atoms with Crippen molar-refractivity contribution in [3.05, 3.63) is 12.2 Å². The van der Waals surface area contributed by atoms with Crippen molar-refractivity contribution in [2.24, 2.45) is 5.73 Å². The molecule has 0 fully saturated rings. The predicted octanol–water partition coefficient (Wildman–Crippen LogP) is 0.0644. The van der Waals surface area contributed by atoms with Crippen LogP contribution in [0.15, 0.2) is 12.2 Å². The monoisotopic (exact) mass is 129 g/mol. The summed E-state index contributed by atoms with van der Waals surface area (Å²) in [6.45, 7) is 5.67. The molecule has 2 N–H and O–H groups in total. The SMILES string of the molecule is C=C(CN)C(=O)OCC. The molecule has 0 radical (unpaired) electrons. The molecular weight excluding hydrogens is 118 g/mol. The van der Waals surface area contributed by atoms with E-state index in [4.69, 9.17) is 5.73 Å². The second-order valence-corrected chi connectivity index (χ2v) is 1.53. The molecule has 0 aliphatic rings. The fraction of sp³-hybridized carbons (Fsp3) is 0.500. The smallest absolute Gasteiger partial charge is 0.334 e. The molecule has 0 rings (SSSR count). The molecular formula is C6H11NO2. The summed E-state index contributed by atoms with van der Waals surface area (Å²) in [6, 6.07) is 0. The number of nitrogens with two attached hydrogens (primary N) is 1. The van der Waals surface area contributed by atoms with E-state index in [1.54, 1.807) is 6.92 Å². The van der Waals surface area contributed by atoms with Crippen LogP contribution in [0.1, 0.15) is 6.92 Å². The molecule has 52 valence electrons. The Morgan fingerprint density at radius 3 is 2.67 bits per heavy atom. The Morgan fingerprint density at radius 2 is 2.33 bits per heavy atom. The van der Waals surface area contributed by atoms with Gasteiger partial charge >= 0.3 is 5.97 Å². The van der Waals surface area contributed by atoms with E-state index in [1.165, 1.54) is 0 Å². The molecule has 0 unspecified atom stereocenters. The molecule has 0 spiro atoms. The highest BCUT2D eigenvalue weighted by Crippen LogP contribution is 1.89.